The van der Waals surface area contributed by atoms with Gasteiger partial charge in [0.2, 0.25) is 5.91 Å². The Labute approximate surface area is 154 Å². The maximum atomic E-state index is 13.6. The van der Waals surface area contributed by atoms with Crippen LogP contribution in [0.25, 0.3) is 0 Å². The molecule has 0 bridgehead atoms. The molecule has 1 aliphatic rings. The molecule has 5 nitrogen and oxygen atoms in total. The molecule has 0 fully saturated rings. The van der Waals surface area contributed by atoms with Crippen LogP contribution in [0.3, 0.4) is 0 Å². The fourth-order valence-electron chi connectivity index (χ4n) is 2.28. The highest BCUT2D eigenvalue weighted by Crippen LogP contribution is 2.37. The highest BCUT2D eigenvalue weighted by molar-refractivity contribution is 6.33. The van der Waals surface area contributed by atoms with Crippen LogP contribution in [0.2, 0.25) is 10.0 Å². The van der Waals surface area contributed by atoms with Gasteiger partial charge in [0.05, 0.1) is 36.2 Å². The largest absolute Gasteiger partial charge is 0.490 e. The molecule has 0 saturated heterocycles. The van der Waals surface area contributed by atoms with Gasteiger partial charge in [-0.05, 0) is 18.2 Å². The number of nitrogens with one attached hydrogen (secondary N) is 2. The summed E-state index contributed by atoms with van der Waals surface area (Å²) in [7, 11) is 0. The van der Waals surface area contributed by atoms with Crippen LogP contribution in [0.1, 0.15) is 6.42 Å². The fraction of sp³-hybridized carbons (Fsp3) is 0.235. The van der Waals surface area contributed by atoms with Crippen LogP contribution < -0.4 is 20.1 Å². The third-order valence-electron chi connectivity index (χ3n) is 3.48. The predicted octanol–water partition coefficient (Wildman–Crippen LogP) is 4.34. The number of halogens is 3. The lowest BCUT2D eigenvalue weighted by Gasteiger charge is -2.13. The van der Waals surface area contributed by atoms with E-state index in [9.17, 15) is 9.18 Å². The molecular formula is C17H15Cl2FN2O3. The fourth-order valence-corrected chi connectivity index (χ4v) is 2.68. The number of rotatable bonds is 4. The van der Waals surface area contributed by atoms with Crippen LogP contribution in [0, 0.1) is 5.82 Å². The van der Waals surface area contributed by atoms with E-state index in [0.717, 1.165) is 6.42 Å². The number of amides is 1. The Bertz CT molecular complexity index is 802. The van der Waals surface area contributed by atoms with Crippen molar-refractivity contribution in [1.29, 1.82) is 0 Å². The summed E-state index contributed by atoms with van der Waals surface area (Å²) in [6.07, 6.45) is 0.780. The Balaban J connectivity index is 1.66. The lowest BCUT2D eigenvalue weighted by Crippen LogP contribution is -2.22. The van der Waals surface area contributed by atoms with Crippen molar-refractivity contribution in [3.8, 4) is 11.5 Å². The second-order valence-electron chi connectivity index (χ2n) is 5.36. The lowest BCUT2D eigenvalue weighted by molar-refractivity contribution is -0.114. The molecule has 0 aliphatic carbocycles. The van der Waals surface area contributed by atoms with Gasteiger partial charge in [0.15, 0.2) is 11.5 Å². The van der Waals surface area contributed by atoms with E-state index in [-0.39, 0.29) is 12.2 Å². The number of fused-ring (bicyclic) bond motifs is 1. The second kappa shape index (κ2) is 7.80. The van der Waals surface area contributed by atoms with E-state index in [4.69, 9.17) is 32.7 Å². The molecule has 0 aromatic heterocycles. The molecule has 0 unspecified atom stereocenters. The minimum absolute atomic E-state index is 0.0176. The van der Waals surface area contributed by atoms with Gasteiger partial charge in [-0.3, -0.25) is 4.79 Å². The van der Waals surface area contributed by atoms with Crippen LogP contribution in [0.4, 0.5) is 15.8 Å². The molecule has 2 N–H and O–H groups in total. The third-order valence-corrected chi connectivity index (χ3v) is 4.03. The zero-order chi connectivity index (χ0) is 17.8. The Morgan fingerprint density at radius 2 is 1.80 bits per heavy atom. The molecule has 2 aromatic rings. The maximum Gasteiger partial charge on any atom is 0.243 e. The van der Waals surface area contributed by atoms with E-state index in [2.05, 4.69) is 10.6 Å². The van der Waals surface area contributed by atoms with Crippen LogP contribution in [0.15, 0.2) is 30.3 Å². The smallest absolute Gasteiger partial charge is 0.243 e. The van der Waals surface area contributed by atoms with Gasteiger partial charge in [-0.15, -0.1) is 0 Å². The first-order chi connectivity index (χ1) is 12.0. The molecule has 25 heavy (non-hydrogen) atoms. The normalized spacial score (nSPS) is 13.1. The average molecular weight is 385 g/mol. The van der Waals surface area contributed by atoms with E-state index in [0.29, 0.717) is 40.4 Å². The first-order valence-electron chi connectivity index (χ1n) is 7.61. The summed E-state index contributed by atoms with van der Waals surface area (Å²) in [5, 5.41) is 6.08. The van der Waals surface area contributed by atoms with E-state index in [1.54, 1.807) is 12.1 Å². The summed E-state index contributed by atoms with van der Waals surface area (Å²) in [6.45, 7) is 0.998. The molecule has 1 amide bonds. The van der Waals surface area contributed by atoms with Crippen LogP contribution in [0.5, 0.6) is 11.5 Å². The third kappa shape index (κ3) is 4.46. The van der Waals surface area contributed by atoms with Gasteiger partial charge >= 0.3 is 0 Å². The highest BCUT2D eigenvalue weighted by atomic mass is 35.5. The predicted molar refractivity (Wildman–Crippen MR) is 95.6 cm³/mol. The van der Waals surface area contributed by atoms with Gasteiger partial charge in [0, 0.05) is 23.6 Å². The van der Waals surface area contributed by atoms with Gasteiger partial charge < -0.3 is 20.1 Å². The highest BCUT2D eigenvalue weighted by Gasteiger charge is 2.15. The number of hydrogen-bond donors (Lipinski definition) is 2. The first-order valence-corrected chi connectivity index (χ1v) is 8.36. The van der Waals surface area contributed by atoms with Crippen molar-refractivity contribution in [3.05, 3.63) is 46.2 Å². The topological polar surface area (TPSA) is 59.6 Å². The molecule has 1 heterocycles. The minimum Gasteiger partial charge on any atom is -0.490 e. The van der Waals surface area contributed by atoms with Gasteiger partial charge in [-0.25, -0.2) is 4.39 Å². The van der Waals surface area contributed by atoms with E-state index < -0.39 is 11.7 Å². The molecule has 0 radical (unpaired) electrons. The van der Waals surface area contributed by atoms with Gasteiger partial charge in [-0.1, -0.05) is 23.2 Å². The van der Waals surface area contributed by atoms with Gasteiger partial charge in [-0.2, -0.15) is 0 Å². The summed E-state index contributed by atoms with van der Waals surface area (Å²) in [5.41, 5.74) is 0.539. The van der Waals surface area contributed by atoms with Crippen molar-refractivity contribution >= 4 is 40.5 Å². The summed E-state index contributed by atoms with van der Waals surface area (Å²) in [4.78, 5) is 12.0. The van der Waals surface area contributed by atoms with Gasteiger partial charge in [0.1, 0.15) is 5.82 Å². The van der Waals surface area contributed by atoms with Crippen molar-refractivity contribution in [2.75, 3.05) is 30.4 Å². The minimum atomic E-state index is -0.564. The number of carbonyl (C=O) groups is 1. The second-order valence-corrected chi connectivity index (χ2v) is 6.20. The number of anilines is 2. The van der Waals surface area contributed by atoms with Crippen molar-refractivity contribution in [2.45, 2.75) is 6.42 Å². The van der Waals surface area contributed by atoms with Crippen LogP contribution in [-0.2, 0) is 4.79 Å². The van der Waals surface area contributed by atoms with Crippen molar-refractivity contribution < 1.29 is 18.7 Å². The van der Waals surface area contributed by atoms with Crippen LogP contribution >= 0.6 is 23.2 Å². The quantitative estimate of drug-likeness (QED) is 0.822. The van der Waals surface area contributed by atoms with Crippen molar-refractivity contribution in [1.82, 2.24) is 0 Å². The molecule has 0 atom stereocenters. The summed E-state index contributed by atoms with van der Waals surface area (Å²) in [5.74, 6) is 0.125. The summed E-state index contributed by atoms with van der Waals surface area (Å²) in [6, 6.07) is 7.25. The van der Waals surface area contributed by atoms with Gasteiger partial charge in [0.25, 0.3) is 0 Å². The maximum absolute atomic E-state index is 13.6. The molecule has 0 spiro atoms. The summed E-state index contributed by atoms with van der Waals surface area (Å²) < 4.78 is 24.8. The Morgan fingerprint density at radius 3 is 2.56 bits per heavy atom. The standard InChI is InChI=1S/C17H15Cl2FN2O3/c18-10-2-3-12(20)14(6-10)22-17(23)9-21-13-8-16-15(7-11(13)19)24-4-1-5-25-16/h2-3,6-8,21H,1,4-5,9H2,(H,22,23). The Kier molecular flexibility index (Phi) is 5.50. The molecule has 2 aromatic carbocycles. The molecule has 1 aliphatic heterocycles. The molecule has 8 heteroatoms. The first kappa shape index (κ1) is 17.6. The molecule has 3 rings (SSSR count). The summed E-state index contributed by atoms with van der Waals surface area (Å²) >= 11 is 12.0. The Hall–Kier alpha value is -2.18. The monoisotopic (exact) mass is 384 g/mol. The van der Waals surface area contributed by atoms with Crippen LogP contribution in [-0.4, -0.2) is 25.7 Å². The zero-order valence-corrected chi connectivity index (χ0v) is 14.6. The molecule has 0 saturated carbocycles. The Morgan fingerprint density at radius 1 is 1.08 bits per heavy atom. The molecule has 132 valence electrons. The zero-order valence-electron chi connectivity index (χ0n) is 13.1. The number of hydrogen-bond acceptors (Lipinski definition) is 4. The number of carbonyl (C=O) groups excluding carboxylic acids is 1. The number of ether oxygens (including phenoxy) is 2. The van der Waals surface area contributed by atoms with E-state index in [1.807, 2.05) is 0 Å². The lowest BCUT2D eigenvalue weighted by atomic mass is 10.2. The van der Waals surface area contributed by atoms with E-state index in [1.165, 1.54) is 18.2 Å². The molecular weight excluding hydrogens is 370 g/mol. The number of benzene rings is 2. The van der Waals surface area contributed by atoms with E-state index >= 15 is 0 Å². The average Bonchev–Trinajstić information content (AvgIpc) is 2.81. The SMILES string of the molecule is O=C(CNc1cc2c(cc1Cl)OCCCO2)Nc1cc(Cl)ccc1F. The van der Waals surface area contributed by atoms with Crippen molar-refractivity contribution in [3.63, 3.8) is 0 Å². The van der Waals surface area contributed by atoms with Crippen molar-refractivity contribution in [2.24, 2.45) is 0 Å².